The largest absolute Gasteiger partial charge is 0.348 e. The second-order valence-electron chi connectivity index (χ2n) is 5.67. The third-order valence-electron chi connectivity index (χ3n) is 4.24. The average molecular weight is 292 g/mol. The van der Waals surface area contributed by atoms with E-state index in [9.17, 15) is 4.79 Å². The molecule has 0 radical (unpaired) electrons. The maximum atomic E-state index is 12.6. The van der Waals surface area contributed by atoms with Gasteiger partial charge in [0.15, 0.2) is 0 Å². The van der Waals surface area contributed by atoms with Gasteiger partial charge < -0.3 is 5.32 Å². The van der Waals surface area contributed by atoms with Crippen molar-refractivity contribution in [2.24, 2.45) is 0 Å². The minimum absolute atomic E-state index is 0.107. The average Bonchev–Trinajstić information content (AvgIpc) is 3.02. The molecule has 1 aromatic carbocycles. The Morgan fingerprint density at radius 3 is 3.14 bits per heavy atom. The van der Waals surface area contributed by atoms with Crippen molar-refractivity contribution in [3.63, 3.8) is 0 Å². The molecule has 5 nitrogen and oxygen atoms in total. The first kappa shape index (κ1) is 13.0. The van der Waals surface area contributed by atoms with Crippen molar-refractivity contribution < 1.29 is 4.79 Å². The van der Waals surface area contributed by atoms with Crippen LogP contribution >= 0.6 is 0 Å². The minimum Gasteiger partial charge on any atom is -0.348 e. The molecule has 1 atom stereocenters. The van der Waals surface area contributed by atoms with Crippen molar-refractivity contribution >= 4 is 16.7 Å². The molecule has 2 aromatic heterocycles. The molecule has 0 spiro atoms. The van der Waals surface area contributed by atoms with Crippen molar-refractivity contribution in [1.82, 2.24) is 20.5 Å². The fraction of sp³-hybridized carbons (Fsp3) is 0.235. The monoisotopic (exact) mass is 292 g/mol. The lowest BCUT2D eigenvalue weighted by atomic mass is 9.93. The minimum atomic E-state index is -0.107. The Balaban J connectivity index is 1.57. The highest BCUT2D eigenvalue weighted by atomic mass is 16.1. The number of carbonyl (C=O) groups is 1. The molecule has 110 valence electrons. The molecule has 0 saturated heterocycles. The zero-order valence-electron chi connectivity index (χ0n) is 12.0. The van der Waals surface area contributed by atoms with Crippen LogP contribution in [0, 0.1) is 0 Å². The molecule has 5 heteroatoms. The number of benzene rings is 1. The number of rotatable bonds is 2. The van der Waals surface area contributed by atoms with Gasteiger partial charge in [0.1, 0.15) is 5.69 Å². The number of aromatic nitrogens is 3. The second kappa shape index (κ2) is 5.26. The Kier molecular flexibility index (Phi) is 3.11. The number of nitrogens with one attached hydrogen (secondary N) is 2. The second-order valence-corrected chi connectivity index (χ2v) is 5.67. The highest BCUT2D eigenvalue weighted by molar-refractivity contribution is 6.05. The highest BCUT2D eigenvalue weighted by Gasteiger charge is 2.23. The van der Waals surface area contributed by atoms with Gasteiger partial charge in [0.05, 0.1) is 6.20 Å². The topological polar surface area (TPSA) is 70.7 Å². The molecule has 3 aromatic rings. The molecule has 0 saturated carbocycles. The van der Waals surface area contributed by atoms with Gasteiger partial charge in [-0.2, -0.15) is 5.10 Å². The van der Waals surface area contributed by atoms with Crippen LogP contribution in [-0.2, 0) is 12.8 Å². The number of carbonyl (C=O) groups excluding carboxylic acids is 1. The molecular weight excluding hydrogens is 276 g/mol. The maximum absolute atomic E-state index is 12.6. The quantitative estimate of drug-likeness (QED) is 0.761. The Morgan fingerprint density at radius 2 is 2.18 bits per heavy atom. The first-order chi connectivity index (χ1) is 10.8. The van der Waals surface area contributed by atoms with Crippen LogP contribution in [0.1, 0.15) is 28.2 Å². The van der Waals surface area contributed by atoms with Gasteiger partial charge >= 0.3 is 0 Å². The van der Waals surface area contributed by atoms with E-state index in [2.05, 4.69) is 20.5 Å². The third kappa shape index (κ3) is 2.24. The lowest BCUT2D eigenvalue weighted by Crippen LogP contribution is -2.39. The lowest BCUT2D eigenvalue weighted by molar-refractivity contribution is 0.0930. The molecular formula is C17H16N4O. The number of aromatic amines is 1. The third-order valence-corrected chi connectivity index (χ3v) is 4.24. The van der Waals surface area contributed by atoms with Gasteiger partial charge in [0, 0.05) is 29.7 Å². The van der Waals surface area contributed by atoms with Crippen LogP contribution in [0.2, 0.25) is 0 Å². The van der Waals surface area contributed by atoms with Crippen molar-refractivity contribution in [3.05, 3.63) is 59.7 Å². The van der Waals surface area contributed by atoms with Crippen LogP contribution in [0.5, 0.6) is 0 Å². The van der Waals surface area contributed by atoms with E-state index in [0.717, 1.165) is 35.7 Å². The van der Waals surface area contributed by atoms with Gasteiger partial charge in [-0.15, -0.1) is 0 Å². The summed E-state index contributed by atoms with van der Waals surface area (Å²) in [4.78, 5) is 16.9. The number of H-pyrrole nitrogens is 1. The fourth-order valence-corrected chi connectivity index (χ4v) is 3.09. The van der Waals surface area contributed by atoms with Crippen LogP contribution in [-0.4, -0.2) is 27.1 Å². The highest BCUT2D eigenvalue weighted by Crippen LogP contribution is 2.20. The molecule has 1 aliphatic rings. The Morgan fingerprint density at radius 1 is 1.27 bits per heavy atom. The molecule has 2 heterocycles. The molecule has 0 aliphatic heterocycles. The van der Waals surface area contributed by atoms with Crippen molar-refractivity contribution in [2.75, 3.05) is 0 Å². The Bertz CT molecular complexity index is 834. The number of nitrogens with zero attached hydrogens (tertiary/aromatic N) is 2. The van der Waals surface area contributed by atoms with Crippen LogP contribution in [0.4, 0.5) is 0 Å². The number of amides is 1. The van der Waals surface area contributed by atoms with E-state index < -0.39 is 0 Å². The van der Waals surface area contributed by atoms with Crippen LogP contribution in [0.15, 0.2) is 42.7 Å². The zero-order chi connectivity index (χ0) is 14.9. The zero-order valence-corrected chi connectivity index (χ0v) is 12.0. The van der Waals surface area contributed by atoms with Crippen LogP contribution < -0.4 is 5.32 Å². The number of hydrogen-bond donors (Lipinski definition) is 2. The summed E-state index contributed by atoms with van der Waals surface area (Å²) in [5.41, 5.74) is 2.88. The van der Waals surface area contributed by atoms with E-state index in [1.807, 2.05) is 36.5 Å². The van der Waals surface area contributed by atoms with Crippen molar-refractivity contribution in [2.45, 2.75) is 25.3 Å². The molecule has 0 fully saturated rings. The molecule has 1 aliphatic carbocycles. The molecule has 2 N–H and O–H groups in total. The van der Waals surface area contributed by atoms with Crippen LogP contribution in [0.25, 0.3) is 10.8 Å². The first-order valence-electron chi connectivity index (χ1n) is 7.47. The summed E-state index contributed by atoms with van der Waals surface area (Å²) in [5.74, 6) is -0.107. The summed E-state index contributed by atoms with van der Waals surface area (Å²) in [7, 11) is 0. The van der Waals surface area contributed by atoms with Crippen molar-refractivity contribution in [1.29, 1.82) is 0 Å². The predicted molar refractivity (Wildman–Crippen MR) is 83.6 cm³/mol. The summed E-state index contributed by atoms with van der Waals surface area (Å²) in [5, 5.41) is 12.1. The van der Waals surface area contributed by atoms with Gasteiger partial charge in [0.2, 0.25) is 0 Å². The van der Waals surface area contributed by atoms with Gasteiger partial charge in [-0.3, -0.25) is 14.9 Å². The number of hydrogen-bond acceptors (Lipinski definition) is 3. The van der Waals surface area contributed by atoms with Gasteiger partial charge in [-0.05, 0) is 29.9 Å². The summed E-state index contributed by atoms with van der Waals surface area (Å²) in [6.45, 7) is 0. The van der Waals surface area contributed by atoms with E-state index in [0.29, 0.717) is 5.69 Å². The molecule has 0 bridgehead atoms. The van der Waals surface area contributed by atoms with E-state index >= 15 is 0 Å². The van der Waals surface area contributed by atoms with Crippen LogP contribution in [0.3, 0.4) is 0 Å². The molecule has 22 heavy (non-hydrogen) atoms. The number of pyridine rings is 1. The number of aryl methyl sites for hydroxylation is 1. The van der Waals surface area contributed by atoms with Gasteiger partial charge in [-0.1, -0.05) is 24.3 Å². The SMILES string of the molecule is O=C(N[C@H]1CCc2cn[nH]c2C1)c1nccc2ccccc12. The molecule has 1 amide bonds. The van der Waals surface area contributed by atoms with E-state index in [1.165, 1.54) is 5.56 Å². The Hall–Kier alpha value is -2.69. The summed E-state index contributed by atoms with van der Waals surface area (Å²) < 4.78 is 0. The van der Waals surface area contributed by atoms with E-state index in [-0.39, 0.29) is 11.9 Å². The lowest BCUT2D eigenvalue weighted by Gasteiger charge is -2.22. The summed E-state index contributed by atoms with van der Waals surface area (Å²) >= 11 is 0. The fourth-order valence-electron chi connectivity index (χ4n) is 3.09. The first-order valence-corrected chi connectivity index (χ1v) is 7.47. The molecule has 4 rings (SSSR count). The molecule has 0 unspecified atom stereocenters. The Labute approximate surface area is 127 Å². The standard InChI is InChI=1S/C17H16N4O/c22-17(16-14-4-2-1-3-11(14)7-8-18-16)20-13-6-5-12-10-19-21-15(12)9-13/h1-4,7-8,10,13H,5-6,9H2,(H,19,21)(H,20,22)/t13-/m0/s1. The maximum Gasteiger partial charge on any atom is 0.270 e. The summed E-state index contributed by atoms with van der Waals surface area (Å²) in [6, 6.07) is 9.87. The van der Waals surface area contributed by atoms with E-state index in [4.69, 9.17) is 0 Å². The van der Waals surface area contributed by atoms with Gasteiger partial charge in [0.25, 0.3) is 5.91 Å². The normalized spacial score (nSPS) is 17.2. The number of fused-ring (bicyclic) bond motifs is 2. The van der Waals surface area contributed by atoms with Crippen molar-refractivity contribution in [3.8, 4) is 0 Å². The van der Waals surface area contributed by atoms with E-state index in [1.54, 1.807) is 6.20 Å². The smallest absolute Gasteiger partial charge is 0.270 e. The van der Waals surface area contributed by atoms with Gasteiger partial charge in [-0.25, -0.2) is 0 Å². The predicted octanol–water partition coefficient (Wildman–Crippen LogP) is 2.25. The summed E-state index contributed by atoms with van der Waals surface area (Å²) in [6.07, 6.45) is 6.24.